The number of hydrogen-bond donors (Lipinski definition) is 1. The van der Waals surface area contributed by atoms with Crippen LogP contribution in [-0.2, 0) is 10.0 Å². The van der Waals surface area contributed by atoms with Crippen molar-refractivity contribution in [1.82, 2.24) is 14.3 Å². The highest BCUT2D eigenvalue weighted by Gasteiger charge is 2.29. The molecule has 1 saturated heterocycles. The van der Waals surface area contributed by atoms with Crippen LogP contribution in [0.2, 0.25) is 0 Å². The zero-order valence-corrected chi connectivity index (χ0v) is 18.9. The molecule has 0 spiro atoms. The van der Waals surface area contributed by atoms with Gasteiger partial charge < -0.3 is 10.2 Å². The minimum absolute atomic E-state index is 0.196. The van der Waals surface area contributed by atoms with E-state index in [1.165, 1.54) is 16.4 Å². The van der Waals surface area contributed by atoms with Crippen molar-refractivity contribution in [1.29, 1.82) is 0 Å². The SMILES string of the molecule is O=C(Nc1ccc(S(=O)(=O)N2CCN(c3cnccn3)CC2)cc1)c1ccc(Br)cc1. The van der Waals surface area contributed by atoms with Crippen LogP contribution in [0.15, 0.2) is 76.5 Å². The van der Waals surface area contributed by atoms with Crippen molar-refractivity contribution in [2.45, 2.75) is 4.90 Å². The van der Waals surface area contributed by atoms with Crippen LogP contribution in [0.4, 0.5) is 11.5 Å². The predicted molar refractivity (Wildman–Crippen MR) is 122 cm³/mol. The molecule has 10 heteroatoms. The van der Waals surface area contributed by atoms with Gasteiger partial charge in [0.15, 0.2) is 0 Å². The second-order valence-corrected chi connectivity index (χ2v) is 9.79. The Labute approximate surface area is 189 Å². The van der Waals surface area contributed by atoms with Crippen molar-refractivity contribution >= 4 is 43.4 Å². The lowest BCUT2D eigenvalue weighted by molar-refractivity contribution is 0.102. The predicted octanol–water partition coefficient (Wildman–Crippen LogP) is 3.00. The van der Waals surface area contributed by atoms with E-state index in [1.807, 2.05) is 4.90 Å². The average molecular weight is 502 g/mol. The molecule has 2 heterocycles. The molecule has 1 aromatic heterocycles. The minimum atomic E-state index is -3.62. The number of sulfonamides is 1. The van der Waals surface area contributed by atoms with Gasteiger partial charge in [-0.3, -0.25) is 9.78 Å². The summed E-state index contributed by atoms with van der Waals surface area (Å²) in [4.78, 5) is 22.9. The van der Waals surface area contributed by atoms with E-state index in [-0.39, 0.29) is 10.8 Å². The molecule has 0 saturated carbocycles. The maximum Gasteiger partial charge on any atom is 0.255 e. The first-order chi connectivity index (χ1) is 14.9. The zero-order valence-electron chi connectivity index (χ0n) is 16.5. The van der Waals surface area contributed by atoms with Crippen molar-refractivity contribution in [3.63, 3.8) is 0 Å². The van der Waals surface area contributed by atoms with Gasteiger partial charge in [-0.05, 0) is 48.5 Å². The van der Waals surface area contributed by atoms with Gasteiger partial charge in [0.25, 0.3) is 5.91 Å². The standard InChI is InChI=1S/C21H20BrN5O3S/c22-17-3-1-16(2-4-17)21(28)25-18-5-7-19(8-6-18)31(29,30)27-13-11-26(12-14-27)20-15-23-9-10-24-20/h1-10,15H,11-14H2,(H,25,28). The van der Waals surface area contributed by atoms with E-state index >= 15 is 0 Å². The summed E-state index contributed by atoms with van der Waals surface area (Å²) >= 11 is 3.33. The van der Waals surface area contributed by atoms with Gasteiger partial charge in [-0.25, -0.2) is 13.4 Å². The molecular weight excluding hydrogens is 482 g/mol. The summed E-state index contributed by atoms with van der Waals surface area (Å²) in [7, 11) is -3.62. The van der Waals surface area contributed by atoms with E-state index in [2.05, 4.69) is 31.2 Å². The summed E-state index contributed by atoms with van der Waals surface area (Å²) in [6, 6.07) is 13.2. The quantitative estimate of drug-likeness (QED) is 0.577. The van der Waals surface area contributed by atoms with E-state index in [0.717, 1.165) is 10.3 Å². The molecule has 2 aromatic carbocycles. The van der Waals surface area contributed by atoms with Gasteiger partial charge in [0.05, 0.1) is 11.1 Å². The average Bonchev–Trinajstić information content (AvgIpc) is 2.80. The highest BCUT2D eigenvalue weighted by molar-refractivity contribution is 9.10. The first-order valence-electron chi connectivity index (χ1n) is 9.61. The lowest BCUT2D eigenvalue weighted by atomic mass is 10.2. The molecule has 160 valence electrons. The van der Waals surface area contributed by atoms with Crippen LogP contribution in [0.25, 0.3) is 0 Å². The normalized spacial score (nSPS) is 14.9. The molecule has 0 bridgehead atoms. The number of nitrogens with one attached hydrogen (secondary N) is 1. The molecule has 3 aromatic rings. The van der Waals surface area contributed by atoms with E-state index in [1.54, 1.807) is 55.0 Å². The van der Waals surface area contributed by atoms with Crippen LogP contribution in [0.3, 0.4) is 0 Å². The largest absolute Gasteiger partial charge is 0.353 e. The molecule has 31 heavy (non-hydrogen) atoms. The van der Waals surface area contributed by atoms with E-state index in [4.69, 9.17) is 0 Å². The Morgan fingerprint density at radius 1 is 0.935 bits per heavy atom. The van der Waals surface area contributed by atoms with Gasteiger partial charge in [0.2, 0.25) is 10.0 Å². The van der Waals surface area contributed by atoms with Gasteiger partial charge in [0.1, 0.15) is 5.82 Å². The number of aromatic nitrogens is 2. The number of amides is 1. The maximum atomic E-state index is 13.0. The second-order valence-electron chi connectivity index (χ2n) is 6.94. The summed E-state index contributed by atoms with van der Waals surface area (Å²) in [6.45, 7) is 1.81. The molecule has 0 radical (unpaired) electrons. The molecule has 0 aliphatic carbocycles. The molecule has 0 unspecified atom stereocenters. The van der Waals surface area contributed by atoms with Crippen molar-refractivity contribution in [3.05, 3.63) is 77.2 Å². The highest BCUT2D eigenvalue weighted by Crippen LogP contribution is 2.22. The highest BCUT2D eigenvalue weighted by atomic mass is 79.9. The Morgan fingerprint density at radius 2 is 1.61 bits per heavy atom. The molecule has 1 aliphatic heterocycles. The number of nitrogens with zero attached hydrogens (tertiary/aromatic N) is 4. The fraction of sp³-hybridized carbons (Fsp3) is 0.190. The van der Waals surface area contributed by atoms with Gasteiger partial charge in [-0.2, -0.15) is 4.31 Å². The molecule has 1 N–H and O–H groups in total. The Hall–Kier alpha value is -2.82. The molecule has 1 aliphatic rings. The summed E-state index contributed by atoms with van der Waals surface area (Å²) in [6.07, 6.45) is 4.90. The summed E-state index contributed by atoms with van der Waals surface area (Å²) in [5.41, 5.74) is 1.04. The van der Waals surface area contributed by atoms with E-state index < -0.39 is 10.0 Å². The van der Waals surface area contributed by atoms with Gasteiger partial charge in [-0.15, -0.1) is 0 Å². The number of carbonyl (C=O) groups excluding carboxylic acids is 1. The van der Waals surface area contributed by atoms with Crippen LogP contribution in [-0.4, -0.2) is 54.8 Å². The number of anilines is 2. The number of benzene rings is 2. The van der Waals surface area contributed by atoms with Crippen molar-refractivity contribution in [2.75, 3.05) is 36.4 Å². The van der Waals surface area contributed by atoms with Crippen molar-refractivity contribution < 1.29 is 13.2 Å². The molecule has 4 rings (SSSR count). The smallest absolute Gasteiger partial charge is 0.255 e. The van der Waals surface area contributed by atoms with Crippen LogP contribution >= 0.6 is 15.9 Å². The third-order valence-corrected chi connectivity index (χ3v) is 7.41. The van der Waals surface area contributed by atoms with Crippen LogP contribution < -0.4 is 10.2 Å². The van der Waals surface area contributed by atoms with E-state index in [0.29, 0.717) is 37.4 Å². The first kappa shape index (κ1) is 21.4. The Kier molecular flexibility index (Phi) is 6.30. The van der Waals surface area contributed by atoms with Crippen molar-refractivity contribution in [2.24, 2.45) is 0 Å². The fourth-order valence-corrected chi connectivity index (χ4v) is 4.96. The van der Waals surface area contributed by atoms with Crippen LogP contribution in [0, 0.1) is 0 Å². The lowest BCUT2D eigenvalue weighted by Gasteiger charge is -2.34. The monoisotopic (exact) mass is 501 g/mol. The summed E-state index contributed by atoms with van der Waals surface area (Å²) < 4.78 is 28.4. The molecule has 1 amide bonds. The lowest BCUT2D eigenvalue weighted by Crippen LogP contribution is -2.48. The van der Waals surface area contributed by atoms with Crippen LogP contribution in [0.5, 0.6) is 0 Å². The first-order valence-corrected chi connectivity index (χ1v) is 11.8. The van der Waals surface area contributed by atoms with E-state index in [9.17, 15) is 13.2 Å². The zero-order chi connectivity index (χ0) is 21.8. The Morgan fingerprint density at radius 3 is 2.23 bits per heavy atom. The third kappa shape index (κ3) is 4.92. The number of rotatable bonds is 5. The molecule has 8 nitrogen and oxygen atoms in total. The number of carbonyl (C=O) groups is 1. The van der Waals surface area contributed by atoms with Gasteiger partial charge in [-0.1, -0.05) is 15.9 Å². The molecule has 0 atom stereocenters. The topological polar surface area (TPSA) is 95.5 Å². The van der Waals surface area contributed by atoms with Crippen LogP contribution in [0.1, 0.15) is 10.4 Å². The second kappa shape index (κ2) is 9.13. The van der Waals surface area contributed by atoms with Crippen molar-refractivity contribution in [3.8, 4) is 0 Å². The Bertz CT molecular complexity index is 1150. The summed E-state index contributed by atoms with van der Waals surface area (Å²) in [5, 5.41) is 2.78. The minimum Gasteiger partial charge on any atom is -0.353 e. The maximum absolute atomic E-state index is 13.0. The molecular formula is C21H20BrN5O3S. The number of hydrogen-bond acceptors (Lipinski definition) is 6. The fourth-order valence-electron chi connectivity index (χ4n) is 3.28. The number of piperazine rings is 1. The Balaban J connectivity index is 1.40. The summed E-state index contributed by atoms with van der Waals surface area (Å²) in [5.74, 6) is 0.480. The number of halogens is 1. The van der Waals surface area contributed by atoms with Gasteiger partial charge >= 0.3 is 0 Å². The van der Waals surface area contributed by atoms with Gasteiger partial charge in [0, 0.05) is 54.3 Å². The third-order valence-electron chi connectivity index (χ3n) is 4.97. The molecule has 1 fully saturated rings.